The van der Waals surface area contributed by atoms with Gasteiger partial charge < -0.3 is 5.32 Å². The van der Waals surface area contributed by atoms with Gasteiger partial charge in [-0.15, -0.1) is 10.2 Å². The number of hydrogen-bond donors (Lipinski definition) is 2. The molecule has 0 saturated carbocycles. The van der Waals surface area contributed by atoms with E-state index in [4.69, 9.17) is 0 Å². The van der Waals surface area contributed by atoms with Crippen molar-refractivity contribution in [2.75, 3.05) is 16.3 Å². The molecule has 128 valence electrons. The van der Waals surface area contributed by atoms with Crippen LogP contribution in [0.3, 0.4) is 0 Å². The highest BCUT2D eigenvalue weighted by Crippen LogP contribution is 2.16. The molecule has 25 heavy (non-hydrogen) atoms. The Morgan fingerprint density at radius 2 is 1.88 bits per heavy atom. The Morgan fingerprint density at radius 1 is 1.08 bits per heavy atom. The summed E-state index contributed by atoms with van der Waals surface area (Å²) in [6.45, 7) is 0. The summed E-state index contributed by atoms with van der Waals surface area (Å²) in [4.78, 5) is 12.2. The first kappa shape index (κ1) is 16.6. The van der Waals surface area contributed by atoms with Crippen molar-refractivity contribution in [1.29, 1.82) is 0 Å². The number of benzene rings is 1. The number of amides is 1. The molecular formula is C15H14N6O3S. The van der Waals surface area contributed by atoms with Crippen LogP contribution in [0.5, 0.6) is 0 Å². The second-order valence-electron chi connectivity index (χ2n) is 5.14. The van der Waals surface area contributed by atoms with Crippen LogP contribution in [-0.2, 0) is 10.0 Å². The third-order valence-corrected chi connectivity index (χ3v) is 3.65. The molecule has 0 saturated heterocycles. The molecule has 9 nitrogen and oxygen atoms in total. The Morgan fingerprint density at radius 3 is 2.52 bits per heavy atom. The van der Waals surface area contributed by atoms with Crippen molar-refractivity contribution in [3.8, 4) is 5.82 Å². The summed E-state index contributed by atoms with van der Waals surface area (Å²) < 4.78 is 26.4. The van der Waals surface area contributed by atoms with E-state index in [-0.39, 0.29) is 5.69 Å². The van der Waals surface area contributed by atoms with E-state index in [0.717, 1.165) is 6.26 Å². The average molecular weight is 358 g/mol. The van der Waals surface area contributed by atoms with Crippen LogP contribution in [-0.4, -0.2) is 40.6 Å². The Labute approximate surface area is 143 Å². The number of anilines is 2. The smallest absolute Gasteiger partial charge is 0.276 e. The number of sulfonamides is 1. The first-order chi connectivity index (χ1) is 11.9. The molecule has 1 aromatic carbocycles. The van der Waals surface area contributed by atoms with Gasteiger partial charge in [0.15, 0.2) is 11.5 Å². The zero-order chi connectivity index (χ0) is 17.9. The molecule has 0 aliphatic carbocycles. The van der Waals surface area contributed by atoms with Crippen LogP contribution in [0, 0.1) is 0 Å². The van der Waals surface area contributed by atoms with Gasteiger partial charge in [0.2, 0.25) is 10.0 Å². The number of carbonyl (C=O) groups excluding carboxylic acids is 1. The van der Waals surface area contributed by atoms with E-state index in [2.05, 4.69) is 25.3 Å². The molecule has 3 rings (SSSR count). The van der Waals surface area contributed by atoms with Crippen LogP contribution in [0.1, 0.15) is 10.5 Å². The highest BCUT2D eigenvalue weighted by molar-refractivity contribution is 7.92. The Balaban J connectivity index is 1.73. The minimum Gasteiger partial charge on any atom is -0.321 e. The standard InChI is InChI=1S/C15H14N6O3S/c1-25(23,24)20-12-5-2-4-11(10-12)17-15(22)13-6-7-14(19-18-13)21-9-3-8-16-21/h2-10,20H,1H3,(H,17,22). The quantitative estimate of drug-likeness (QED) is 0.709. The van der Waals surface area contributed by atoms with Crippen LogP contribution in [0.4, 0.5) is 11.4 Å². The fraction of sp³-hybridized carbons (Fsp3) is 0.0667. The minimum atomic E-state index is -3.39. The monoisotopic (exact) mass is 358 g/mol. The summed E-state index contributed by atoms with van der Waals surface area (Å²) in [5.41, 5.74) is 0.898. The molecule has 0 spiro atoms. The Hall–Kier alpha value is -3.27. The first-order valence-electron chi connectivity index (χ1n) is 7.14. The largest absolute Gasteiger partial charge is 0.321 e. The topological polar surface area (TPSA) is 119 Å². The zero-order valence-electron chi connectivity index (χ0n) is 13.1. The predicted octanol–water partition coefficient (Wildman–Crippen LogP) is 1.29. The second kappa shape index (κ2) is 6.69. The van der Waals surface area contributed by atoms with E-state index in [0.29, 0.717) is 17.2 Å². The van der Waals surface area contributed by atoms with Gasteiger partial charge in [-0.3, -0.25) is 9.52 Å². The summed E-state index contributed by atoms with van der Waals surface area (Å²) in [5, 5.41) is 14.5. The van der Waals surface area contributed by atoms with E-state index in [1.54, 1.807) is 42.7 Å². The van der Waals surface area contributed by atoms with Gasteiger partial charge >= 0.3 is 0 Å². The van der Waals surface area contributed by atoms with Crippen molar-refractivity contribution in [2.24, 2.45) is 0 Å². The summed E-state index contributed by atoms with van der Waals surface area (Å²) in [6.07, 6.45) is 4.37. The predicted molar refractivity (Wildman–Crippen MR) is 92.0 cm³/mol. The van der Waals surface area contributed by atoms with Gasteiger partial charge in [-0.2, -0.15) is 5.10 Å². The number of nitrogens with zero attached hydrogens (tertiary/aromatic N) is 4. The maximum Gasteiger partial charge on any atom is 0.276 e. The van der Waals surface area contributed by atoms with Crippen molar-refractivity contribution >= 4 is 27.3 Å². The maximum atomic E-state index is 12.2. The van der Waals surface area contributed by atoms with Crippen LogP contribution in [0.15, 0.2) is 54.9 Å². The van der Waals surface area contributed by atoms with Gasteiger partial charge in [0.25, 0.3) is 5.91 Å². The van der Waals surface area contributed by atoms with E-state index in [1.807, 2.05) is 0 Å². The van der Waals surface area contributed by atoms with Crippen molar-refractivity contribution < 1.29 is 13.2 Å². The van der Waals surface area contributed by atoms with Crippen molar-refractivity contribution in [2.45, 2.75) is 0 Å². The molecule has 0 atom stereocenters. The van der Waals surface area contributed by atoms with Gasteiger partial charge in [0.1, 0.15) is 0 Å². The summed E-state index contributed by atoms with van der Waals surface area (Å²) in [7, 11) is -3.39. The zero-order valence-corrected chi connectivity index (χ0v) is 13.9. The molecule has 0 bridgehead atoms. The Kier molecular flexibility index (Phi) is 4.44. The lowest BCUT2D eigenvalue weighted by Gasteiger charge is -2.08. The molecule has 0 fully saturated rings. The molecule has 10 heteroatoms. The third-order valence-electron chi connectivity index (χ3n) is 3.05. The number of rotatable bonds is 5. The minimum absolute atomic E-state index is 0.123. The SMILES string of the molecule is CS(=O)(=O)Nc1cccc(NC(=O)c2ccc(-n3cccn3)nn2)c1. The molecule has 1 amide bonds. The number of hydrogen-bond acceptors (Lipinski definition) is 6. The van der Waals surface area contributed by atoms with Gasteiger partial charge in [-0.25, -0.2) is 13.1 Å². The average Bonchev–Trinajstić information content (AvgIpc) is 3.08. The normalized spacial score (nSPS) is 11.1. The summed E-state index contributed by atoms with van der Waals surface area (Å²) in [5.74, 6) is 0.0249. The Bertz CT molecular complexity index is 984. The lowest BCUT2D eigenvalue weighted by molar-refractivity contribution is 0.102. The fourth-order valence-electron chi connectivity index (χ4n) is 2.04. The van der Waals surface area contributed by atoms with Gasteiger partial charge in [0.05, 0.1) is 11.9 Å². The molecule has 0 aliphatic rings. The maximum absolute atomic E-state index is 12.2. The van der Waals surface area contributed by atoms with Crippen LogP contribution >= 0.6 is 0 Å². The highest BCUT2D eigenvalue weighted by atomic mass is 32.2. The van der Waals surface area contributed by atoms with Gasteiger partial charge in [0, 0.05) is 18.1 Å². The molecule has 0 aliphatic heterocycles. The third kappa shape index (κ3) is 4.38. The highest BCUT2D eigenvalue weighted by Gasteiger charge is 2.10. The lowest BCUT2D eigenvalue weighted by Crippen LogP contribution is -2.15. The van der Waals surface area contributed by atoms with Crippen molar-refractivity contribution in [3.05, 3.63) is 60.6 Å². The summed E-state index contributed by atoms with van der Waals surface area (Å²) >= 11 is 0. The number of aromatic nitrogens is 4. The first-order valence-corrected chi connectivity index (χ1v) is 9.03. The van der Waals surface area contributed by atoms with Crippen molar-refractivity contribution in [1.82, 2.24) is 20.0 Å². The van der Waals surface area contributed by atoms with Crippen LogP contribution in [0.25, 0.3) is 5.82 Å². The second-order valence-corrected chi connectivity index (χ2v) is 6.89. The molecule has 2 heterocycles. The molecule has 2 N–H and O–H groups in total. The van der Waals surface area contributed by atoms with E-state index in [1.165, 1.54) is 16.8 Å². The van der Waals surface area contributed by atoms with Gasteiger partial charge in [-0.05, 0) is 36.4 Å². The summed E-state index contributed by atoms with van der Waals surface area (Å²) in [6, 6.07) is 11.2. The lowest BCUT2D eigenvalue weighted by atomic mass is 10.2. The van der Waals surface area contributed by atoms with E-state index in [9.17, 15) is 13.2 Å². The van der Waals surface area contributed by atoms with Gasteiger partial charge in [-0.1, -0.05) is 6.07 Å². The van der Waals surface area contributed by atoms with Crippen LogP contribution < -0.4 is 10.0 Å². The number of nitrogens with one attached hydrogen (secondary N) is 2. The van der Waals surface area contributed by atoms with E-state index < -0.39 is 15.9 Å². The fourth-order valence-corrected chi connectivity index (χ4v) is 2.60. The molecule has 3 aromatic rings. The molecule has 2 aromatic heterocycles. The van der Waals surface area contributed by atoms with E-state index >= 15 is 0 Å². The van der Waals surface area contributed by atoms with Crippen molar-refractivity contribution in [3.63, 3.8) is 0 Å². The molecular weight excluding hydrogens is 344 g/mol. The molecule has 0 radical (unpaired) electrons. The van der Waals surface area contributed by atoms with Crippen LogP contribution in [0.2, 0.25) is 0 Å². The molecule has 0 unspecified atom stereocenters. The number of carbonyl (C=O) groups is 1.